The minimum Gasteiger partial charge on any atom is -0.317 e. The zero-order valence-corrected chi connectivity index (χ0v) is 12.4. The van der Waals surface area contributed by atoms with E-state index in [4.69, 9.17) is 0 Å². The van der Waals surface area contributed by atoms with Crippen LogP contribution in [0.3, 0.4) is 0 Å². The van der Waals surface area contributed by atoms with Gasteiger partial charge in [0.15, 0.2) is 5.82 Å². The Labute approximate surface area is 129 Å². The molecule has 2 aliphatic rings. The highest BCUT2D eigenvalue weighted by atomic mass is 19.4. The molecule has 0 atom stereocenters. The molecule has 0 aromatic carbocycles. The van der Waals surface area contributed by atoms with E-state index in [1.807, 2.05) is 0 Å². The molecule has 23 heavy (non-hydrogen) atoms. The maximum atomic E-state index is 13.6. The van der Waals surface area contributed by atoms with E-state index in [9.17, 15) is 22.0 Å². The third-order valence-corrected chi connectivity index (χ3v) is 4.87. The van der Waals surface area contributed by atoms with Crippen molar-refractivity contribution in [3.63, 3.8) is 0 Å². The van der Waals surface area contributed by atoms with E-state index in [2.05, 4.69) is 20.7 Å². The first-order valence-corrected chi connectivity index (χ1v) is 7.69. The fraction of sp³-hybridized carbons (Fsp3) is 0.923. The van der Waals surface area contributed by atoms with Gasteiger partial charge in [-0.05, 0) is 44.0 Å². The lowest BCUT2D eigenvalue weighted by molar-refractivity contribution is -0.200. The summed E-state index contributed by atoms with van der Waals surface area (Å²) in [5.41, 5.74) is -2.10. The number of piperidine rings is 1. The van der Waals surface area contributed by atoms with Crippen molar-refractivity contribution >= 4 is 0 Å². The van der Waals surface area contributed by atoms with Crippen molar-refractivity contribution in [2.45, 2.75) is 62.1 Å². The van der Waals surface area contributed by atoms with Crippen molar-refractivity contribution in [1.82, 2.24) is 25.5 Å². The number of tetrazole rings is 1. The Kier molecular flexibility index (Phi) is 4.06. The number of nitrogens with zero attached hydrogens (tertiary/aromatic N) is 4. The van der Waals surface area contributed by atoms with Crippen molar-refractivity contribution in [3.8, 4) is 0 Å². The van der Waals surface area contributed by atoms with Crippen LogP contribution in [-0.4, -0.2) is 45.4 Å². The topological polar surface area (TPSA) is 55.6 Å². The van der Waals surface area contributed by atoms with Crippen LogP contribution < -0.4 is 5.32 Å². The Balaban J connectivity index is 1.83. The molecule has 0 unspecified atom stereocenters. The second-order valence-electron chi connectivity index (χ2n) is 6.35. The van der Waals surface area contributed by atoms with E-state index in [1.54, 1.807) is 0 Å². The molecule has 5 nitrogen and oxygen atoms in total. The highest BCUT2D eigenvalue weighted by Gasteiger charge is 2.59. The number of nitrogens with one attached hydrogen (secondary N) is 1. The normalized spacial score (nSPS) is 25.4. The van der Waals surface area contributed by atoms with E-state index in [1.165, 1.54) is 0 Å². The van der Waals surface area contributed by atoms with Crippen molar-refractivity contribution in [2.24, 2.45) is 0 Å². The van der Waals surface area contributed by atoms with Gasteiger partial charge in [0.25, 0.3) is 0 Å². The number of aromatic nitrogens is 4. The molecule has 2 fully saturated rings. The SMILES string of the molecule is FC1(F)CCC(n2nnc(C3(C(F)(F)F)CCNCC3)n2)CC1. The molecule has 130 valence electrons. The predicted octanol–water partition coefficient (Wildman–Crippen LogP) is 2.61. The summed E-state index contributed by atoms with van der Waals surface area (Å²) in [4.78, 5) is 1.10. The molecule has 3 rings (SSSR count). The summed E-state index contributed by atoms with van der Waals surface area (Å²) in [6.07, 6.45) is -5.09. The van der Waals surface area contributed by atoms with Gasteiger partial charge in [-0.1, -0.05) is 0 Å². The molecule has 1 aromatic rings. The van der Waals surface area contributed by atoms with Crippen LogP contribution in [0.5, 0.6) is 0 Å². The summed E-state index contributed by atoms with van der Waals surface area (Å²) in [7, 11) is 0. The Morgan fingerprint density at radius 2 is 1.65 bits per heavy atom. The van der Waals surface area contributed by atoms with Crippen LogP contribution in [0, 0.1) is 0 Å². The molecule has 1 aromatic heterocycles. The number of halogens is 5. The minimum absolute atomic E-state index is 0.142. The Morgan fingerprint density at radius 1 is 1.04 bits per heavy atom. The Hall–Kier alpha value is -1.32. The molecular formula is C13H18F5N5. The molecule has 2 heterocycles. The Bertz CT molecular complexity index is 539. The maximum absolute atomic E-state index is 13.6. The van der Waals surface area contributed by atoms with Gasteiger partial charge in [-0.15, -0.1) is 10.2 Å². The van der Waals surface area contributed by atoms with Crippen LogP contribution in [0.1, 0.15) is 50.4 Å². The molecule has 1 saturated heterocycles. The summed E-state index contributed by atoms with van der Waals surface area (Å²) in [6.45, 7) is 0.452. The van der Waals surface area contributed by atoms with E-state index >= 15 is 0 Å². The van der Waals surface area contributed by atoms with Crippen LogP contribution in [0.4, 0.5) is 22.0 Å². The van der Waals surface area contributed by atoms with Crippen LogP contribution in [0.25, 0.3) is 0 Å². The van der Waals surface area contributed by atoms with Gasteiger partial charge >= 0.3 is 6.18 Å². The van der Waals surface area contributed by atoms with E-state index in [0.29, 0.717) is 0 Å². The second kappa shape index (κ2) is 5.64. The average Bonchev–Trinajstić information content (AvgIpc) is 2.97. The first-order valence-electron chi connectivity index (χ1n) is 7.69. The van der Waals surface area contributed by atoms with Gasteiger partial charge in [-0.2, -0.15) is 18.0 Å². The van der Waals surface area contributed by atoms with Crippen molar-refractivity contribution in [2.75, 3.05) is 13.1 Å². The van der Waals surface area contributed by atoms with Gasteiger partial charge in [0, 0.05) is 12.8 Å². The van der Waals surface area contributed by atoms with E-state index in [0.717, 1.165) is 4.80 Å². The molecule has 0 amide bonds. The van der Waals surface area contributed by atoms with Crippen LogP contribution in [0.15, 0.2) is 0 Å². The highest BCUT2D eigenvalue weighted by molar-refractivity contribution is 5.12. The first-order chi connectivity index (χ1) is 10.7. The lowest BCUT2D eigenvalue weighted by Crippen LogP contribution is -2.50. The second-order valence-corrected chi connectivity index (χ2v) is 6.35. The first kappa shape index (κ1) is 16.5. The van der Waals surface area contributed by atoms with Crippen molar-refractivity contribution in [3.05, 3.63) is 5.82 Å². The summed E-state index contributed by atoms with van der Waals surface area (Å²) in [6, 6.07) is -0.414. The van der Waals surface area contributed by atoms with Crippen molar-refractivity contribution in [1.29, 1.82) is 0 Å². The van der Waals surface area contributed by atoms with Gasteiger partial charge in [0.2, 0.25) is 5.92 Å². The zero-order chi connectivity index (χ0) is 16.7. The molecule has 0 spiro atoms. The summed E-state index contributed by atoms with van der Waals surface area (Å²) in [5, 5.41) is 14.2. The van der Waals surface area contributed by atoms with Gasteiger partial charge in [-0.3, -0.25) is 0 Å². The molecular weight excluding hydrogens is 321 g/mol. The Morgan fingerprint density at radius 3 is 2.22 bits per heavy atom. The number of hydrogen-bond acceptors (Lipinski definition) is 4. The fourth-order valence-corrected chi connectivity index (χ4v) is 3.31. The van der Waals surface area contributed by atoms with Crippen LogP contribution >= 0.6 is 0 Å². The smallest absolute Gasteiger partial charge is 0.317 e. The minimum atomic E-state index is -4.47. The maximum Gasteiger partial charge on any atom is 0.401 e. The third-order valence-electron chi connectivity index (χ3n) is 4.87. The molecule has 10 heteroatoms. The summed E-state index contributed by atoms with van der Waals surface area (Å²) >= 11 is 0. The highest BCUT2D eigenvalue weighted by Crippen LogP contribution is 2.46. The van der Waals surface area contributed by atoms with E-state index < -0.39 is 23.6 Å². The van der Waals surface area contributed by atoms with Gasteiger partial charge in [-0.25, -0.2) is 8.78 Å². The fourth-order valence-electron chi connectivity index (χ4n) is 3.31. The lowest BCUT2D eigenvalue weighted by Gasteiger charge is -2.36. The van der Waals surface area contributed by atoms with Gasteiger partial charge in [0.05, 0.1) is 6.04 Å². The summed E-state index contributed by atoms with van der Waals surface area (Å²) in [5.74, 6) is -3.05. The molecule has 1 aliphatic carbocycles. The predicted molar refractivity (Wildman–Crippen MR) is 70.1 cm³/mol. The lowest BCUT2D eigenvalue weighted by atomic mass is 9.77. The zero-order valence-electron chi connectivity index (χ0n) is 12.4. The number of hydrogen-bond donors (Lipinski definition) is 1. The quantitative estimate of drug-likeness (QED) is 0.842. The van der Waals surface area contributed by atoms with E-state index in [-0.39, 0.29) is 57.4 Å². The molecule has 0 bridgehead atoms. The van der Waals surface area contributed by atoms with Gasteiger partial charge in [0.1, 0.15) is 5.41 Å². The van der Waals surface area contributed by atoms with Crippen LogP contribution in [0.2, 0.25) is 0 Å². The number of rotatable bonds is 2. The molecule has 1 saturated carbocycles. The third kappa shape index (κ3) is 3.05. The molecule has 1 aliphatic heterocycles. The number of alkyl halides is 5. The largest absolute Gasteiger partial charge is 0.401 e. The monoisotopic (exact) mass is 339 g/mol. The van der Waals surface area contributed by atoms with Gasteiger partial charge < -0.3 is 5.32 Å². The molecule has 0 radical (unpaired) electrons. The standard InChI is InChI=1S/C13H18F5N5/c14-12(15)3-1-9(2-4-12)23-21-10(20-22-23)11(13(16,17)18)5-7-19-8-6-11/h9,19H,1-8H2. The van der Waals surface area contributed by atoms with Crippen LogP contribution in [-0.2, 0) is 5.41 Å². The summed E-state index contributed by atoms with van der Waals surface area (Å²) < 4.78 is 67.1. The molecule has 1 N–H and O–H groups in total. The average molecular weight is 339 g/mol. The van der Waals surface area contributed by atoms with Crippen molar-refractivity contribution < 1.29 is 22.0 Å².